The van der Waals surface area contributed by atoms with E-state index in [1.807, 2.05) is 0 Å². The standard InChI is InChI=1S/C8H5ClF3NO/c9-6-4(3-14)1-2-5(7(6)13)8(10,11)12/h1-3H,13H2. The van der Waals surface area contributed by atoms with Crippen molar-refractivity contribution < 1.29 is 18.0 Å². The average Bonchev–Trinajstić information content (AvgIpc) is 2.07. The Kier molecular flexibility index (Phi) is 2.71. The number of halogens is 4. The molecule has 0 unspecified atom stereocenters. The lowest BCUT2D eigenvalue weighted by molar-refractivity contribution is -0.136. The molecule has 2 nitrogen and oxygen atoms in total. The van der Waals surface area contributed by atoms with Crippen molar-refractivity contribution in [3.8, 4) is 0 Å². The summed E-state index contributed by atoms with van der Waals surface area (Å²) < 4.78 is 36.7. The molecule has 0 saturated heterocycles. The van der Waals surface area contributed by atoms with Crippen molar-refractivity contribution in [2.75, 3.05) is 5.73 Å². The lowest BCUT2D eigenvalue weighted by Crippen LogP contribution is -2.09. The lowest BCUT2D eigenvalue weighted by atomic mass is 10.1. The summed E-state index contributed by atoms with van der Waals surface area (Å²) in [4.78, 5) is 10.3. The number of rotatable bonds is 1. The predicted octanol–water partition coefficient (Wildman–Crippen LogP) is 2.75. The smallest absolute Gasteiger partial charge is 0.397 e. The topological polar surface area (TPSA) is 43.1 Å². The summed E-state index contributed by atoms with van der Waals surface area (Å²) in [7, 11) is 0. The van der Waals surface area contributed by atoms with Crippen molar-refractivity contribution in [1.29, 1.82) is 0 Å². The molecule has 6 heteroatoms. The molecule has 0 fully saturated rings. The van der Waals surface area contributed by atoms with Gasteiger partial charge >= 0.3 is 6.18 Å². The Balaban J connectivity index is 3.38. The zero-order valence-electron chi connectivity index (χ0n) is 6.73. The number of benzene rings is 1. The molecular formula is C8H5ClF3NO. The SMILES string of the molecule is Nc1c(C(F)(F)F)ccc(C=O)c1Cl. The van der Waals surface area contributed by atoms with Crippen molar-refractivity contribution in [1.82, 2.24) is 0 Å². The van der Waals surface area contributed by atoms with E-state index in [4.69, 9.17) is 17.3 Å². The maximum Gasteiger partial charge on any atom is 0.418 e. The number of nitrogens with two attached hydrogens (primary N) is 1. The number of carbonyl (C=O) groups is 1. The van der Waals surface area contributed by atoms with Crippen LogP contribution >= 0.6 is 11.6 Å². The van der Waals surface area contributed by atoms with Crippen LogP contribution < -0.4 is 5.73 Å². The molecule has 0 aliphatic heterocycles. The predicted molar refractivity (Wildman–Crippen MR) is 46.3 cm³/mol. The highest BCUT2D eigenvalue weighted by Crippen LogP contribution is 2.37. The van der Waals surface area contributed by atoms with Crippen molar-refractivity contribution in [2.24, 2.45) is 0 Å². The van der Waals surface area contributed by atoms with Gasteiger partial charge in [0.15, 0.2) is 6.29 Å². The maximum absolute atomic E-state index is 12.2. The Bertz CT molecular complexity index is 376. The highest BCUT2D eigenvalue weighted by Gasteiger charge is 2.34. The zero-order chi connectivity index (χ0) is 10.9. The maximum atomic E-state index is 12.2. The zero-order valence-corrected chi connectivity index (χ0v) is 7.49. The van der Waals surface area contributed by atoms with Crippen LogP contribution in [0, 0.1) is 0 Å². The molecule has 0 aliphatic rings. The van der Waals surface area contributed by atoms with Gasteiger partial charge in [0.1, 0.15) is 0 Å². The van der Waals surface area contributed by atoms with Crippen molar-refractivity contribution in [3.05, 3.63) is 28.3 Å². The van der Waals surface area contributed by atoms with Gasteiger partial charge in [-0.1, -0.05) is 11.6 Å². The number of hydrogen-bond donors (Lipinski definition) is 1. The van der Waals surface area contributed by atoms with E-state index in [1.54, 1.807) is 0 Å². The molecular weight excluding hydrogens is 219 g/mol. The number of anilines is 1. The van der Waals surface area contributed by atoms with Crippen LogP contribution in [0.2, 0.25) is 5.02 Å². The van der Waals surface area contributed by atoms with Crippen LogP contribution in [-0.4, -0.2) is 6.29 Å². The second-order valence-corrected chi connectivity index (χ2v) is 2.92. The summed E-state index contributed by atoms with van der Waals surface area (Å²) in [6.45, 7) is 0. The van der Waals surface area contributed by atoms with E-state index in [0.717, 1.165) is 12.1 Å². The molecule has 14 heavy (non-hydrogen) atoms. The molecule has 1 rings (SSSR count). The van der Waals surface area contributed by atoms with Crippen molar-refractivity contribution >= 4 is 23.6 Å². The Morgan fingerprint density at radius 3 is 2.36 bits per heavy atom. The van der Waals surface area contributed by atoms with Crippen LogP contribution in [0.1, 0.15) is 15.9 Å². The number of aldehydes is 1. The van der Waals surface area contributed by atoms with Crippen LogP contribution in [0.3, 0.4) is 0 Å². The number of hydrogen-bond acceptors (Lipinski definition) is 2. The molecule has 0 radical (unpaired) electrons. The first kappa shape index (κ1) is 10.8. The van der Waals surface area contributed by atoms with Gasteiger partial charge in [-0.25, -0.2) is 0 Å². The Hall–Kier alpha value is -1.23. The average molecular weight is 224 g/mol. The molecule has 76 valence electrons. The molecule has 0 saturated carbocycles. The van der Waals surface area contributed by atoms with Crippen LogP contribution in [-0.2, 0) is 6.18 Å². The monoisotopic (exact) mass is 223 g/mol. The van der Waals surface area contributed by atoms with E-state index >= 15 is 0 Å². The van der Waals surface area contributed by atoms with Crippen LogP contribution in [0.25, 0.3) is 0 Å². The Morgan fingerprint density at radius 2 is 1.93 bits per heavy atom. The summed E-state index contributed by atoms with van der Waals surface area (Å²) in [5.41, 5.74) is 3.42. The number of nitrogen functional groups attached to an aromatic ring is 1. The lowest BCUT2D eigenvalue weighted by Gasteiger charge is -2.11. The summed E-state index contributed by atoms with van der Waals surface area (Å²) >= 11 is 5.45. The molecule has 0 bridgehead atoms. The second kappa shape index (κ2) is 3.49. The van der Waals surface area contributed by atoms with E-state index in [1.165, 1.54) is 0 Å². The van der Waals surface area contributed by atoms with Gasteiger partial charge in [0.2, 0.25) is 0 Å². The molecule has 0 spiro atoms. The number of alkyl halides is 3. The van der Waals surface area contributed by atoms with E-state index in [0.29, 0.717) is 6.29 Å². The van der Waals surface area contributed by atoms with E-state index < -0.39 is 17.4 Å². The van der Waals surface area contributed by atoms with Gasteiger partial charge in [0, 0.05) is 5.56 Å². The Morgan fingerprint density at radius 1 is 1.36 bits per heavy atom. The molecule has 0 aromatic heterocycles. The normalized spacial score (nSPS) is 11.4. The van der Waals surface area contributed by atoms with Gasteiger partial charge in [-0.15, -0.1) is 0 Å². The highest BCUT2D eigenvalue weighted by molar-refractivity contribution is 6.35. The molecule has 0 aliphatic carbocycles. The third-order valence-electron chi connectivity index (χ3n) is 1.64. The minimum atomic E-state index is -4.56. The summed E-state index contributed by atoms with van der Waals surface area (Å²) in [6.07, 6.45) is -4.21. The summed E-state index contributed by atoms with van der Waals surface area (Å²) in [6, 6.07) is 1.71. The molecule has 1 aromatic carbocycles. The van der Waals surface area contributed by atoms with Gasteiger partial charge < -0.3 is 5.73 Å². The molecule has 0 atom stereocenters. The number of carbonyl (C=O) groups excluding carboxylic acids is 1. The fourth-order valence-electron chi connectivity index (χ4n) is 0.948. The quantitative estimate of drug-likeness (QED) is 0.588. The summed E-state index contributed by atoms with van der Waals surface area (Å²) in [5.74, 6) is 0. The third kappa shape index (κ3) is 1.82. The minimum absolute atomic E-state index is 0.0582. The first-order valence-electron chi connectivity index (χ1n) is 3.48. The van der Waals surface area contributed by atoms with Gasteiger partial charge in [-0.2, -0.15) is 13.2 Å². The highest BCUT2D eigenvalue weighted by atomic mass is 35.5. The third-order valence-corrected chi connectivity index (χ3v) is 2.06. The minimum Gasteiger partial charge on any atom is -0.397 e. The fourth-order valence-corrected chi connectivity index (χ4v) is 1.16. The van der Waals surface area contributed by atoms with Crippen LogP contribution in [0.15, 0.2) is 12.1 Å². The van der Waals surface area contributed by atoms with E-state index in [9.17, 15) is 18.0 Å². The van der Waals surface area contributed by atoms with E-state index in [-0.39, 0.29) is 10.6 Å². The fraction of sp³-hybridized carbons (Fsp3) is 0.125. The van der Waals surface area contributed by atoms with Gasteiger partial charge in [0.25, 0.3) is 0 Å². The largest absolute Gasteiger partial charge is 0.418 e. The molecule has 0 amide bonds. The van der Waals surface area contributed by atoms with Gasteiger partial charge in [0.05, 0.1) is 16.3 Å². The first-order valence-corrected chi connectivity index (χ1v) is 3.86. The van der Waals surface area contributed by atoms with Crippen molar-refractivity contribution in [3.63, 3.8) is 0 Å². The Labute approximate surface area is 82.5 Å². The van der Waals surface area contributed by atoms with Crippen LogP contribution in [0.5, 0.6) is 0 Å². The molecule has 0 heterocycles. The summed E-state index contributed by atoms with van der Waals surface area (Å²) in [5, 5.41) is -0.366. The molecule has 2 N–H and O–H groups in total. The van der Waals surface area contributed by atoms with Crippen LogP contribution in [0.4, 0.5) is 18.9 Å². The van der Waals surface area contributed by atoms with Gasteiger partial charge in [-0.05, 0) is 12.1 Å². The molecule has 1 aromatic rings. The first-order chi connectivity index (χ1) is 6.38. The second-order valence-electron chi connectivity index (χ2n) is 2.55. The van der Waals surface area contributed by atoms with Crippen molar-refractivity contribution in [2.45, 2.75) is 6.18 Å². The van der Waals surface area contributed by atoms with E-state index in [2.05, 4.69) is 0 Å². The van der Waals surface area contributed by atoms with Gasteiger partial charge in [-0.3, -0.25) is 4.79 Å².